The van der Waals surface area contributed by atoms with Gasteiger partial charge in [0.1, 0.15) is 0 Å². The first-order valence-corrected chi connectivity index (χ1v) is 7.70. The number of rotatable bonds is 5. The molecule has 2 rings (SSSR count). The maximum absolute atomic E-state index is 12.0. The Morgan fingerprint density at radius 2 is 2.00 bits per heavy atom. The molecule has 1 saturated heterocycles. The highest BCUT2D eigenvalue weighted by Crippen LogP contribution is 2.41. The lowest BCUT2D eigenvalue weighted by Crippen LogP contribution is -2.41. The molecule has 1 saturated carbocycles. The first-order valence-electron chi connectivity index (χ1n) is 7.70. The summed E-state index contributed by atoms with van der Waals surface area (Å²) in [6, 6.07) is 0. The largest absolute Gasteiger partial charge is 0.481 e. The SMILES string of the molecule is CN1CCCC(CNC(=O)CC2(C(=O)O)CCCC2)C1. The highest BCUT2D eigenvalue weighted by molar-refractivity contribution is 5.85. The molecule has 1 amide bonds. The van der Waals surface area contributed by atoms with Crippen molar-refractivity contribution in [3.05, 3.63) is 0 Å². The lowest BCUT2D eigenvalue weighted by molar-refractivity contribution is -0.151. The first kappa shape index (κ1) is 15.3. The molecule has 0 radical (unpaired) electrons. The van der Waals surface area contributed by atoms with E-state index < -0.39 is 11.4 Å². The molecular formula is C15H26N2O3. The Bertz CT molecular complexity index is 364. The van der Waals surface area contributed by atoms with Crippen molar-refractivity contribution in [2.24, 2.45) is 11.3 Å². The number of hydrogen-bond donors (Lipinski definition) is 2. The second kappa shape index (κ2) is 6.57. The van der Waals surface area contributed by atoms with Gasteiger partial charge in [-0.1, -0.05) is 12.8 Å². The number of piperidine rings is 1. The molecule has 2 fully saturated rings. The summed E-state index contributed by atoms with van der Waals surface area (Å²) in [5.41, 5.74) is -0.798. The number of carbonyl (C=O) groups excluding carboxylic acids is 1. The summed E-state index contributed by atoms with van der Waals surface area (Å²) in [5.74, 6) is -0.396. The van der Waals surface area contributed by atoms with E-state index in [-0.39, 0.29) is 12.3 Å². The molecule has 0 aromatic rings. The van der Waals surface area contributed by atoms with Gasteiger partial charge in [0.2, 0.25) is 5.91 Å². The van der Waals surface area contributed by atoms with E-state index in [1.54, 1.807) is 0 Å². The maximum Gasteiger partial charge on any atom is 0.310 e. The highest BCUT2D eigenvalue weighted by Gasteiger charge is 2.42. The molecule has 2 aliphatic rings. The summed E-state index contributed by atoms with van der Waals surface area (Å²) < 4.78 is 0. The molecule has 0 spiro atoms. The zero-order chi connectivity index (χ0) is 14.6. The van der Waals surface area contributed by atoms with Crippen LogP contribution in [-0.2, 0) is 9.59 Å². The molecule has 1 atom stereocenters. The molecule has 1 aliphatic heterocycles. The van der Waals surface area contributed by atoms with Crippen LogP contribution < -0.4 is 5.32 Å². The zero-order valence-corrected chi connectivity index (χ0v) is 12.4. The Labute approximate surface area is 120 Å². The van der Waals surface area contributed by atoms with Crippen molar-refractivity contribution >= 4 is 11.9 Å². The lowest BCUT2D eigenvalue weighted by atomic mass is 9.82. The van der Waals surface area contributed by atoms with Crippen LogP contribution in [-0.4, -0.2) is 48.6 Å². The quantitative estimate of drug-likeness (QED) is 0.801. The molecule has 5 nitrogen and oxygen atoms in total. The summed E-state index contributed by atoms with van der Waals surface area (Å²) in [5, 5.41) is 12.3. The summed E-state index contributed by atoms with van der Waals surface area (Å²) in [6.07, 6.45) is 5.60. The number of carboxylic acids is 1. The summed E-state index contributed by atoms with van der Waals surface area (Å²) in [7, 11) is 2.10. The van der Waals surface area contributed by atoms with E-state index in [2.05, 4.69) is 17.3 Å². The molecule has 0 aromatic carbocycles. The molecule has 1 aliphatic carbocycles. The molecule has 20 heavy (non-hydrogen) atoms. The van der Waals surface area contributed by atoms with Crippen LogP contribution in [0.15, 0.2) is 0 Å². The smallest absolute Gasteiger partial charge is 0.310 e. The van der Waals surface area contributed by atoms with Crippen LogP contribution in [0.5, 0.6) is 0 Å². The topological polar surface area (TPSA) is 69.6 Å². The summed E-state index contributed by atoms with van der Waals surface area (Å²) in [4.78, 5) is 25.8. The first-order chi connectivity index (χ1) is 9.52. The Morgan fingerprint density at radius 1 is 1.30 bits per heavy atom. The van der Waals surface area contributed by atoms with Crippen LogP contribution in [0.2, 0.25) is 0 Å². The second-order valence-electron chi connectivity index (χ2n) is 6.54. The van der Waals surface area contributed by atoms with Gasteiger partial charge in [0.15, 0.2) is 0 Å². The number of amides is 1. The van der Waals surface area contributed by atoms with Gasteiger partial charge in [0.25, 0.3) is 0 Å². The average molecular weight is 282 g/mol. The Balaban J connectivity index is 1.78. The maximum atomic E-state index is 12.0. The van der Waals surface area contributed by atoms with E-state index in [1.807, 2.05) is 0 Å². The van der Waals surface area contributed by atoms with Crippen molar-refractivity contribution in [3.8, 4) is 0 Å². The minimum atomic E-state index is -0.803. The van der Waals surface area contributed by atoms with Gasteiger partial charge in [-0.3, -0.25) is 9.59 Å². The standard InChI is InChI=1S/C15H26N2O3/c1-17-8-4-5-12(11-17)10-16-13(18)9-15(14(19)20)6-2-3-7-15/h12H,2-11H2,1H3,(H,16,18)(H,19,20). The predicted octanol–water partition coefficient (Wildman–Crippen LogP) is 1.48. The fourth-order valence-electron chi connectivity index (χ4n) is 3.59. The minimum Gasteiger partial charge on any atom is -0.481 e. The number of likely N-dealkylation sites (tertiary alicyclic amines) is 1. The number of carbonyl (C=O) groups is 2. The third-order valence-electron chi connectivity index (χ3n) is 4.82. The van der Waals surface area contributed by atoms with Gasteiger partial charge in [0.05, 0.1) is 5.41 Å². The van der Waals surface area contributed by atoms with Crippen molar-refractivity contribution in [3.63, 3.8) is 0 Å². The number of hydrogen-bond acceptors (Lipinski definition) is 3. The van der Waals surface area contributed by atoms with Crippen molar-refractivity contribution in [2.45, 2.75) is 44.9 Å². The average Bonchev–Trinajstić information content (AvgIpc) is 2.86. The Morgan fingerprint density at radius 3 is 2.60 bits per heavy atom. The van der Waals surface area contributed by atoms with Crippen molar-refractivity contribution in [1.82, 2.24) is 10.2 Å². The van der Waals surface area contributed by atoms with Crippen molar-refractivity contribution in [2.75, 3.05) is 26.7 Å². The highest BCUT2D eigenvalue weighted by atomic mass is 16.4. The minimum absolute atomic E-state index is 0.0949. The molecular weight excluding hydrogens is 256 g/mol. The third kappa shape index (κ3) is 3.72. The van der Waals surface area contributed by atoms with Gasteiger partial charge >= 0.3 is 5.97 Å². The zero-order valence-electron chi connectivity index (χ0n) is 12.4. The van der Waals surface area contributed by atoms with Gasteiger partial charge in [-0.2, -0.15) is 0 Å². The number of nitrogens with zero attached hydrogens (tertiary/aromatic N) is 1. The lowest BCUT2D eigenvalue weighted by Gasteiger charge is -2.30. The predicted molar refractivity (Wildman–Crippen MR) is 76.4 cm³/mol. The molecule has 114 valence electrons. The number of carboxylic acid groups (broad SMARTS) is 1. The van der Waals surface area contributed by atoms with E-state index in [4.69, 9.17) is 0 Å². The fraction of sp³-hybridized carbons (Fsp3) is 0.867. The molecule has 2 N–H and O–H groups in total. The van der Waals surface area contributed by atoms with Gasteiger partial charge in [0, 0.05) is 19.5 Å². The van der Waals surface area contributed by atoms with Crippen molar-refractivity contribution < 1.29 is 14.7 Å². The van der Waals surface area contributed by atoms with Crippen LogP contribution in [0.1, 0.15) is 44.9 Å². The molecule has 5 heteroatoms. The van der Waals surface area contributed by atoms with Crippen LogP contribution >= 0.6 is 0 Å². The van der Waals surface area contributed by atoms with Gasteiger partial charge in [-0.25, -0.2) is 0 Å². The van der Waals surface area contributed by atoms with E-state index in [9.17, 15) is 14.7 Å². The van der Waals surface area contributed by atoms with E-state index >= 15 is 0 Å². The van der Waals surface area contributed by atoms with Crippen LogP contribution in [0.25, 0.3) is 0 Å². The normalized spacial score (nSPS) is 26.4. The summed E-state index contributed by atoms with van der Waals surface area (Å²) in [6.45, 7) is 2.83. The number of nitrogens with one attached hydrogen (secondary N) is 1. The van der Waals surface area contributed by atoms with E-state index in [0.29, 0.717) is 25.3 Å². The van der Waals surface area contributed by atoms with Gasteiger partial charge < -0.3 is 15.3 Å². The Kier molecular flexibility index (Phi) is 5.02. The molecule has 0 bridgehead atoms. The van der Waals surface area contributed by atoms with Crippen LogP contribution in [0.4, 0.5) is 0 Å². The monoisotopic (exact) mass is 282 g/mol. The van der Waals surface area contributed by atoms with E-state index in [0.717, 1.165) is 32.4 Å². The van der Waals surface area contributed by atoms with Gasteiger partial charge in [-0.05, 0) is 45.2 Å². The number of aliphatic carboxylic acids is 1. The van der Waals surface area contributed by atoms with Crippen LogP contribution in [0.3, 0.4) is 0 Å². The second-order valence-corrected chi connectivity index (χ2v) is 6.54. The van der Waals surface area contributed by atoms with Gasteiger partial charge in [-0.15, -0.1) is 0 Å². The summed E-state index contributed by atoms with van der Waals surface area (Å²) >= 11 is 0. The van der Waals surface area contributed by atoms with E-state index in [1.165, 1.54) is 6.42 Å². The molecule has 1 unspecified atom stereocenters. The van der Waals surface area contributed by atoms with Crippen LogP contribution in [0, 0.1) is 11.3 Å². The molecule has 0 aromatic heterocycles. The van der Waals surface area contributed by atoms with Crippen molar-refractivity contribution in [1.29, 1.82) is 0 Å². The third-order valence-corrected chi connectivity index (χ3v) is 4.82. The Hall–Kier alpha value is -1.10. The molecule has 1 heterocycles. The fourth-order valence-corrected chi connectivity index (χ4v) is 3.59.